The van der Waals surface area contributed by atoms with Crippen LogP contribution in [0.5, 0.6) is 0 Å². The molecule has 2 atom stereocenters. The van der Waals surface area contributed by atoms with E-state index in [2.05, 4.69) is 29.0 Å². The van der Waals surface area contributed by atoms with Crippen LogP contribution in [0.1, 0.15) is 31.9 Å². The first kappa shape index (κ1) is 16.1. The Bertz CT molecular complexity index is 484. The van der Waals surface area contributed by atoms with Gasteiger partial charge in [0.2, 0.25) is 10.0 Å². The Labute approximate surface area is 115 Å². The second kappa shape index (κ2) is 7.02. The van der Waals surface area contributed by atoms with Gasteiger partial charge in [0.1, 0.15) is 0 Å². The molecule has 0 saturated heterocycles. The van der Waals surface area contributed by atoms with Gasteiger partial charge < -0.3 is 5.32 Å². The highest BCUT2D eigenvalue weighted by molar-refractivity contribution is 7.88. The fraction of sp³-hybridized carbons (Fsp3) is 0.750. The highest BCUT2D eigenvalue weighted by atomic mass is 32.2. The van der Waals surface area contributed by atoms with Gasteiger partial charge in [-0.25, -0.2) is 13.1 Å². The van der Waals surface area contributed by atoms with E-state index in [1.54, 1.807) is 0 Å². The van der Waals surface area contributed by atoms with Crippen LogP contribution in [-0.2, 0) is 10.0 Å². The molecule has 0 aliphatic rings. The third kappa shape index (κ3) is 6.17. The van der Waals surface area contributed by atoms with Crippen molar-refractivity contribution in [2.45, 2.75) is 39.3 Å². The molecule has 1 aromatic heterocycles. The van der Waals surface area contributed by atoms with Crippen LogP contribution in [-0.4, -0.2) is 43.6 Å². The number of aromatic nitrogens is 2. The minimum atomic E-state index is -3.07. The zero-order valence-electron chi connectivity index (χ0n) is 12.0. The molecule has 7 heteroatoms. The molecule has 0 spiro atoms. The molecule has 110 valence electrons. The molecule has 1 heterocycles. The van der Waals surface area contributed by atoms with Gasteiger partial charge >= 0.3 is 0 Å². The number of rotatable bonds is 8. The average molecular weight is 288 g/mol. The van der Waals surface area contributed by atoms with E-state index in [9.17, 15) is 8.42 Å². The first-order valence-corrected chi connectivity index (χ1v) is 8.37. The summed E-state index contributed by atoms with van der Waals surface area (Å²) in [5.74, 6) is 0. The molecule has 2 N–H and O–H groups in total. The van der Waals surface area contributed by atoms with E-state index in [1.807, 2.05) is 24.0 Å². The smallest absolute Gasteiger partial charge is 0.208 e. The Kier molecular flexibility index (Phi) is 5.96. The normalized spacial score (nSPS) is 15.4. The number of aryl methyl sites for hydroxylation is 1. The van der Waals surface area contributed by atoms with Crippen LogP contribution >= 0.6 is 0 Å². The molecule has 0 aliphatic carbocycles. The van der Waals surface area contributed by atoms with Gasteiger partial charge in [0.15, 0.2) is 0 Å². The second-order valence-electron chi connectivity index (χ2n) is 5.00. The van der Waals surface area contributed by atoms with Gasteiger partial charge in [-0.1, -0.05) is 0 Å². The molecule has 0 aromatic carbocycles. The summed E-state index contributed by atoms with van der Waals surface area (Å²) in [6.45, 7) is 7.47. The van der Waals surface area contributed by atoms with Crippen LogP contribution in [0.2, 0.25) is 0 Å². The van der Waals surface area contributed by atoms with E-state index in [-0.39, 0.29) is 12.1 Å². The minimum absolute atomic E-state index is 0.261. The number of hydrogen-bond acceptors (Lipinski definition) is 4. The summed E-state index contributed by atoms with van der Waals surface area (Å²) >= 11 is 0. The van der Waals surface area contributed by atoms with Crippen molar-refractivity contribution >= 4 is 10.0 Å². The van der Waals surface area contributed by atoms with Crippen molar-refractivity contribution in [2.75, 3.05) is 19.3 Å². The summed E-state index contributed by atoms with van der Waals surface area (Å²) in [7, 11) is -3.07. The van der Waals surface area contributed by atoms with Crippen molar-refractivity contribution in [1.82, 2.24) is 19.8 Å². The number of hydrogen-bond donors (Lipinski definition) is 2. The van der Waals surface area contributed by atoms with Crippen molar-refractivity contribution < 1.29 is 8.42 Å². The van der Waals surface area contributed by atoms with Gasteiger partial charge in [0.25, 0.3) is 0 Å². The van der Waals surface area contributed by atoms with E-state index in [0.29, 0.717) is 6.54 Å². The summed E-state index contributed by atoms with van der Waals surface area (Å²) in [4.78, 5) is 0. The molecule has 1 aromatic rings. The molecule has 0 unspecified atom stereocenters. The van der Waals surface area contributed by atoms with Crippen LogP contribution in [0.4, 0.5) is 0 Å². The van der Waals surface area contributed by atoms with E-state index >= 15 is 0 Å². The predicted molar refractivity (Wildman–Crippen MR) is 76.6 cm³/mol. The third-order valence-electron chi connectivity index (χ3n) is 3.06. The Morgan fingerprint density at radius 2 is 2.05 bits per heavy atom. The lowest BCUT2D eigenvalue weighted by Crippen LogP contribution is -2.36. The summed E-state index contributed by atoms with van der Waals surface area (Å²) in [5, 5.41) is 7.68. The second-order valence-corrected chi connectivity index (χ2v) is 6.83. The number of sulfonamides is 1. The maximum atomic E-state index is 10.9. The number of nitrogens with one attached hydrogen (secondary N) is 2. The van der Waals surface area contributed by atoms with Crippen LogP contribution in [0.25, 0.3) is 0 Å². The maximum absolute atomic E-state index is 10.9. The van der Waals surface area contributed by atoms with Gasteiger partial charge in [-0.2, -0.15) is 5.10 Å². The molecule has 0 aliphatic heterocycles. The SMILES string of the molecule is Cc1cnn([C@@H](C)[C@@H](C)NCCCNS(C)(=O)=O)c1. The van der Waals surface area contributed by atoms with Crippen molar-refractivity contribution in [3.05, 3.63) is 18.0 Å². The molecule has 19 heavy (non-hydrogen) atoms. The molecule has 1 rings (SSSR count). The summed E-state index contributed by atoms with van der Waals surface area (Å²) in [5.41, 5.74) is 1.15. The van der Waals surface area contributed by atoms with Crippen molar-refractivity contribution in [2.24, 2.45) is 0 Å². The monoisotopic (exact) mass is 288 g/mol. The fourth-order valence-corrected chi connectivity index (χ4v) is 2.25. The molecule has 0 fully saturated rings. The highest BCUT2D eigenvalue weighted by Gasteiger charge is 2.13. The molecule has 6 nitrogen and oxygen atoms in total. The Morgan fingerprint density at radius 1 is 1.37 bits per heavy atom. The van der Waals surface area contributed by atoms with Crippen LogP contribution in [0.15, 0.2) is 12.4 Å². The van der Waals surface area contributed by atoms with E-state index in [1.165, 1.54) is 6.26 Å². The van der Waals surface area contributed by atoms with Gasteiger partial charge in [0.05, 0.1) is 18.5 Å². The summed E-state index contributed by atoms with van der Waals surface area (Å²) < 4.78 is 26.2. The largest absolute Gasteiger partial charge is 0.312 e. The van der Waals surface area contributed by atoms with Crippen molar-refractivity contribution in [3.8, 4) is 0 Å². The highest BCUT2D eigenvalue weighted by Crippen LogP contribution is 2.10. The van der Waals surface area contributed by atoms with Crippen LogP contribution < -0.4 is 10.0 Å². The van der Waals surface area contributed by atoms with Crippen molar-refractivity contribution in [3.63, 3.8) is 0 Å². The quantitative estimate of drug-likeness (QED) is 0.689. The van der Waals surface area contributed by atoms with Gasteiger partial charge in [0, 0.05) is 18.8 Å². The first-order chi connectivity index (χ1) is 8.79. The average Bonchev–Trinajstić information content (AvgIpc) is 2.72. The zero-order valence-corrected chi connectivity index (χ0v) is 12.9. The lowest BCUT2D eigenvalue weighted by Gasteiger charge is -2.21. The number of nitrogens with zero attached hydrogens (tertiary/aromatic N) is 2. The predicted octanol–water partition coefficient (Wildman–Crippen LogP) is 0.670. The zero-order chi connectivity index (χ0) is 14.5. The van der Waals surface area contributed by atoms with Crippen LogP contribution in [0, 0.1) is 6.92 Å². The summed E-state index contributed by atoms with van der Waals surface area (Å²) in [6.07, 6.45) is 5.81. The lowest BCUT2D eigenvalue weighted by molar-refractivity contribution is 0.365. The van der Waals surface area contributed by atoms with E-state index in [4.69, 9.17) is 0 Å². The first-order valence-electron chi connectivity index (χ1n) is 6.48. The molecular formula is C12H24N4O2S. The Balaban J connectivity index is 2.26. The molecular weight excluding hydrogens is 264 g/mol. The van der Waals surface area contributed by atoms with Gasteiger partial charge in [-0.3, -0.25) is 4.68 Å². The standard InChI is InChI=1S/C12H24N4O2S/c1-10-8-14-16(9-10)12(3)11(2)13-6-5-7-15-19(4,17)18/h8-9,11-13,15H,5-7H2,1-4H3/t11-,12+/m1/s1. The molecule has 0 radical (unpaired) electrons. The molecule has 0 saturated carbocycles. The topological polar surface area (TPSA) is 76.0 Å². The van der Waals surface area contributed by atoms with E-state index in [0.717, 1.165) is 18.5 Å². The Morgan fingerprint density at radius 3 is 2.58 bits per heavy atom. The Hall–Kier alpha value is -0.920. The summed E-state index contributed by atoms with van der Waals surface area (Å²) in [6, 6.07) is 0.536. The van der Waals surface area contributed by atoms with Gasteiger partial charge in [-0.15, -0.1) is 0 Å². The molecule has 0 bridgehead atoms. The van der Waals surface area contributed by atoms with Crippen molar-refractivity contribution in [1.29, 1.82) is 0 Å². The molecule has 0 amide bonds. The minimum Gasteiger partial charge on any atom is -0.312 e. The van der Waals surface area contributed by atoms with E-state index < -0.39 is 10.0 Å². The van der Waals surface area contributed by atoms with Crippen LogP contribution in [0.3, 0.4) is 0 Å². The third-order valence-corrected chi connectivity index (χ3v) is 3.78. The lowest BCUT2D eigenvalue weighted by atomic mass is 10.1. The fourth-order valence-electron chi connectivity index (χ4n) is 1.73. The van der Waals surface area contributed by atoms with Gasteiger partial charge in [-0.05, 0) is 39.3 Å². The maximum Gasteiger partial charge on any atom is 0.208 e.